The summed E-state index contributed by atoms with van der Waals surface area (Å²) in [5.74, 6) is -1.40. The van der Waals surface area contributed by atoms with Crippen LogP contribution in [0.1, 0.15) is 29.9 Å². The number of aromatic nitrogens is 3. The lowest BCUT2D eigenvalue weighted by Crippen LogP contribution is -2.30. The van der Waals surface area contributed by atoms with E-state index < -0.39 is 28.5 Å². The van der Waals surface area contributed by atoms with Gasteiger partial charge >= 0.3 is 5.97 Å². The third-order valence-electron chi connectivity index (χ3n) is 4.73. The van der Waals surface area contributed by atoms with Gasteiger partial charge in [0, 0.05) is 18.8 Å². The molecule has 10 nitrogen and oxygen atoms in total. The van der Waals surface area contributed by atoms with Crippen LogP contribution in [0.15, 0.2) is 65.7 Å². The summed E-state index contributed by atoms with van der Waals surface area (Å²) in [5.41, 5.74) is 1.25. The number of esters is 1. The van der Waals surface area contributed by atoms with Gasteiger partial charge in [-0.2, -0.15) is 4.31 Å². The standard InChI is InChI=1S/C22H25N5O5S/c1-3-27(4-2)33(30,31)19-12-8-11-18(13-19)23-21(28)16-32-22(29)20-15-26(25-24-20)14-17-9-6-5-7-10-17/h5-13,15H,3-4,14,16H2,1-2H3,(H,23,28). The molecule has 0 saturated heterocycles. The number of carbonyl (C=O) groups is 2. The SMILES string of the molecule is CCN(CC)S(=O)(=O)c1cccc(NC(=O)COC(=O)c2cn(Cc3ccccc3)nn2)c1. The molecule has 2 aromatic carbocycles. The second-order valence-electron chi connectivity index (χ2n) is 7.03. The predicted octanol–water partition coefficient (Wildman–Crippen LogP) is 2.15. The first kappa shape index (κ1) is 24.1. The molecule has 1 heterocycles. The van der Waals surface area contributed by atoms with Crippen LogP contribution < -0.4 is 5.32 Å². The second-order valence-corrected chi connectivity index (χ2v) is 8.97. The number of carbonyl (C=O) groups excluding carboxylic acids is 2. The summed E-state index contributed by atoms with van der Waals surface area (Å²) in [6.07, 6.45) is 1.44. The number of rotatable bonds is 10. The highest BCUT2D eigenvalue weighted by Crippen LogP contribution is 2.19. The highest BCUT2D eigenvalue weighted by molar-refractivity contribution is 7.89. The van der Waals surface area contributed by atoms with Gasteiger partial charge in [-0.05, 0) is 23.8 Å². The largest absolute Gasteiger partial charge is 0.451 e. The van der Waals surface area contributed by atoms with Crippen molar-refractivity contribution >= 4 is 27.6 Å². The van der Waals surface area contributed by atoms with E-state index in [9.17, 15) is 18.0 Å². The Labute approximate surface area is 192 Å². The van der Waals surface area contributed by atoms with Crippen molar-refractivity contribution in [3.8, 4) is 0 Å². The number of amides is 1. The van der Waals surface area contributed by atoms with Crippen LogP contribution in [0.2, 0.25) is 0 Å². The lowest BCUT2D eigenvalue weighted by Gasteiger charge is -2.18. The van der Waals surface area contributed by atoms with Gasteiger partial charge in [0.25, 0.3) is 5.91 Å². The lowest BCUT2D eigenvalue weighted by molar-refractivity contribution is -0.119. The molecule has 0 unspecified atom stereocenters. The van der Waals surface area contributed by atoms with Crippen LogP contribution in [-0.4, -0.2) is 59.3 Å². The minimum atomic E-state index is -3.66. The molecular weight excluding hydrogens is 446 g/mol. The third-order valence-corrected chi connectivity index (χ3v) is 6.78. The molecule has 0 saturated carbocycles. The minimum absolute atomic E-state index is 0.0222. The van der Waals surface area contributed by atoms with E-state index in [1.54, 1.807) is 19.9 Å². The number of nitrogens with zero attached hydrogens (tertiary/aromatic N) is 4. The zero-order chi connectivity index (χ0) is 23.8. The van der Waals surface area contributed by atoms with Crippen LogP contribution in [0.4, 0.5) is 5.69 Å². The smallest absolute Gasteiger partial charge is 0.361 e. The number of hydrogen-bond acceptors (Lipinski definition) is 7. The van der Waals surface area contributed by atoms with Gasteiger partial charge in [-0.1, -0.05) is 55.5 Å². The van der Waals surface area contributed by atoms with Crippen molar-refractivity contribution in [2.45, 2.75) is 25.3 Å². The van der Waals surface area contributed by atoms with E-state index in [2.05, 4.69) is 15.6 Å². The molecule has 174 valence electrons. The van der Waals surface area contributed by atoms with E-state index in [1.807, 2.05) is 30.3 Å². The van der Waals surface area contributed by atoms with E-state index in [4.69, 9.17) is 4.74 Å². The number of sulfonamides is 1. The number of anilines is 1. The molecule has 0 fully saturated rings. The van der Waals surface area contributed by atoms with E-state index in [0.717, 1.165) is 5.56 Å². The van der Waals surface area contributed by atoms with Crippen molar-refractivity contribution < 1.29 is 22.7 Å². The monoisotopic (exact) mass is 471 g/mol. The van der Waals surface area contributed by atoms with Crippen molar-refractivity contribution in [3.05, 3.63) is 72.1 Å². The summed E-state index contributed by atoms with van der Waals surface area (Å²) < 4.78 is 33.1. The fraction of sp³-hybridized carbons (Fsp3) is 0.273. The first-order valence-electron chi connectivity index (χ1n) is 10.3. The van der Waals surface area contributed by atoms with Gasteiger partial charge in [-0.15, -0.1) is 5.10 Å². The topological polar surface area (TPSA) is 123 Å². The average Bonchev–Trinajstić information content (AvgIpc) is 3.27. The summed E-state index contributed by atoms with van der Waals surface area (Å²) in [6.45, 7) is 4.05. The maximum absolute atomic E-state index is 12.7. The molecule has 33 heavy (non-hydrogen) atoms. The van der Waals surface area contributed by atoms with Crippen LogP contribution in [0.25, 0.3) is 0 Å². The Morgan fingerprint density at radius 1 is 1.06 bits per heavy atom. The molecule has 0 radical (unpaired) electrons. The molecule has 0 aliphatic heterocycles. The minimum Gasteiger partial charge on any atom is -0.451 e. The van der Waals surface area contributed by atoms with Gasteiger partial charge < -0.3 is 10.1 Å². The maximum Gasteiger partial charge on any atom is 0.361 e. The molecule has 3 rings (SSSR count). The van der Waals surface area contributed by atoms with Gasteiger partial charge in [0.1, 0.15) is 0 Å². The molecule has 3 aromatic rings. The number of benzene rings is 2. The molecule has 0 aliphatic rings. The molecular formula is C22H25N5O5S. The zero-order valence-electron chi connectivity index (χ0n) is 18.3. The summed E-state index contributed by atoms with van der Waals surface area (Å²) >= 11 is 0. The number of hydrogen-bond donors (Lipinski definition) is 1. The van der Waals surface area contributed by atoms with Crippen molar-refractivity contribution in [1.82, 2.24) is 19.3 Å². The van der Waals surface area contributed by atoms with Crippen molar-refractivity contribution in [3.63, 3.8) is 0 Å². The molecule has 0 aliphatic carbocycles. The summed E-state index contributed by atoms with van der Waals surface area (Å²) in [6, 6.07) is 15.4. The first-order chi connectivity index (χ1) is 15.8. The Hall–Kier alpha value is -3.57. The van der Waals surface area contributed by atoms with Gasteiger partial charge in [-0.25, -0.2) is 17.9 Å². The molecule has 1 aromatic heterocycles. The highest BCUT2D eigenvalue weighted by atomic mass is 32.2. The van der Waals surface area contributed by atoms with Gasteiger partial charge in [0.15, 0.2) is 12.3 Å². The van der Waals surface area contributed by atoms with Gasteiger partial charge in [0.05, 0.1) is 17.6 Å². The van der Waals surface area contributed by atoms with Crippen molar-refractivity contribution in [2.75, 3.05) is 25.0 Å². The first-order valence-corrected chi connectivity index (χ1v) is 11.8. The van der Waals surface area contributed by atoms with E-state index in [0.29, 0.717) is 19.6 Å². The zero-order valence-corrected chi connectivity index (χ0v) is 19.2. The average molecular weight is 472 g/mol. The Kier molecular flexibility index (Phi) is 7.91. The lowest BCUT2D eigenvalue weighted by atomic mass is 10.2. The summed E-state index contributed by atoms with van der Waals surface area (Å²) in [5, 5.41) is 10.2. The Morgan fingerprint density at radius 3 is 2.48 bits per heavy atom. The van der Waals surface area contributed by atoms with Crippen molar-refractivity contribution in [1.29, 1.82) is 0 Å². The summed E-state index contributed by atoms with van der Waals surface area (Å²) in [7, 11) is -3.66. The van der Waals surface area contributed by atoms with Crippen molar-refractivity contribution in [2.24, 2.45) is 0 Å². The van der Waals surface area contributed by atoms with Crippen LogP contribution in [-0.2, 0) is 26.1 Å². The van der Waals surface area contributed by atoms with E-state index in [-0.39, 0.29) is 16.3 Å². The fourth-order valence-corrected chi connectivity index (χ4v) is 4.59. The molecule has 1 amide bonds. The molecule has 0 spiro atoms. The third kappa shape index (κ3) is 6.24. The summed E-state index contributed by atoms with van der Waals surface area (Å²) in [4.78, 5) is 24.5. The van der Waals surface area contributed by atoms with E-state index >= 15 is 0 Å². The van der Waals surface area contributed by atoms with Gasteiger partial charge in [-0.3, -0.25) is 4.79 Å². The van der Waals surface area contributed by atoms with Crippen LogP contribution in [0, 0.1) is 0 Å². The molecule has 11 heteroatoms. The molecule has 0 bridgehead atoms. The fourth-order valence-electron chi connectivity index (χ4n) is 3.09. The molecule has 0 atom stereocenters. The normalized spacial score (nSPS) is 11.4. The second kappa shape index (κ2) is 10.8. The Balaban J connectivity index is 1.56. The van der Waals surface area contributed by atoms with Crippen LogP contribution in [0.3, 0.4) is 0 Å². The van der Waals surface area contributed by atoms with Gasteiger partial charge in [0.2, 0.25) is 10.0 Å². The Bertz CT molecular complexity index is 1210. The maximum atomic E-state index is 12.7. The van der Waals surface area contributed by atoms with Crippen LogP contribution >= 0.6 is 0 Å². The Morgan fingerprint density at radius 2 is 1.79 bits per heavy atom. The van der Waals surface area contributed by atoms with Crippen LogP contribution in [0.5, 0.6) is 0 Å². The highest BCUT2D eigenvalue weighted by Gasteiger charge is 2.22. The number of ether oxygens (including phenoxy) is 1. The quantitative estimate of drug-likeness (QED) is 0.449. The number of nitrogens with one attached hydrogen (secondary N) is 1. The molecule has 1 N–H and O–H groups in total. The van der Waals surface area contributed by atoms with E-state index in [1.165, 1.54) is 33.4 Å². The predicted molar refractivity (Wildman–Crippen MR) is 121 cm³/mol.